The van der Waals surface area contributed by atoms with Gasteiger partial charge in [0.15, 0.2) is 0 Å². The molecular formula is C18H14ClN3O2S. The molecule has 1 atom stereocenters. The van der Waals surface area contributed by atoms with Crippen molar-refractivity contribution in [3.05, 3.63) is 74.0 Å². The van der Waals surface area contributed by atoms with Crippen molar-refractivity contribution < 1.29 is 9.53 Å². The minimum Gasteiger partial charge on any atom is -0.466 e. The molecule has 2 aliphatic heterocycles. The number of carbonyl (C=O) groups is 1. The summed E-state index contributed by atoms with van der Waals surface area (Å²) in [5, 5.41) is 6.48. The molecule has 7 heteroatoms. The fraction of sp³-hybridized carbons (Fsp3) is 0.167. The van der Waals surface area contributed by atoms with Crippen LogP contribution in [0.3, 0.4) is 0 Å². The first-order valence-electron chi connectivity index (χ1n) is 7.65. The molecular weight excluding hydrogens is 358 g/mol. The molecule has 3 heterocycles. The number of esters is 1. The van der Waals surface area contributed by atoms with E-state index in [1.54, 1.807) is 12.3 Å². The number of hydrogen-bond acceptors (Lipinski definition) is 6. The first kappa shape index (κ1) is 16.1. The second kappa shape index (κ2) is 6.13. The molecule has 1 aromatic heterocycles. The van der Waals surface area contributed by atoms with Gasteiger partial charge >= 0.3 is 5.97 Å². The van der Waals surface area contributed by atoms with Crippen molar-refractivity contribution in [1.29, 1.82) is 0 Å². The Labute approximate surface area is 153 Å². The summed E-state index contributed by atoms with van der Waals surface area (Å²) >= 11 is 7.91. The van der Waals surface area contributed by atoms with Gasteiger partial charge in [0.2, 0.25) is 0 Å². The Hall–Kier alpha value is -2.44. The van der Waals surface area contributed by atoms with Crippen LogP contribution in [0.5, 0.6) is 0 Å². The predicted molar refractivity (Wildman–Crippen MR) is 97.7 cm³/mol. The van der Waals surface area contributed by atoms with E-state index in [0.717, 1.165) is 33.2 Å². The second-order valence-corrected chi connectivity index (χ2v) is 6.95. The van der Waals surface area contributed by atoms with Gasteiger partial charge in [-0.2, -0.15) is 0 Å². The highest BCUT2D eigenvalue weighted by molar-refractivity contribution is 7.12. The first-order chi connectivity index (χ1) is 12.1. The lowest BCUT2D eigenvalue weighted by atomic mass is 9.95. The average molecular weight is 372 g/mol. The van der Waals surface area contributed by atoms with Crippen LogP contribution in [0.4, 0.5) is 0 Å². The molecule has 0 amide bonds. The Kier molecular flexibility index (Phi) is 3.94. The second-order valence-electron chi connectivity index (χ2n) is 5.64. The number of nitrogens with one attached hydrogen (secondary N) is 1. The highest BCUT2D eigenvalue weighted by Crippen LogP contribution is 2.42. The van der Waals surface area contributed by atoms with Crippen molar-refractivity contribution in [3.8, 4) is 0 Å². The minimum absolute atomic E-state index is 0.410. The molecule has 5 nitrogen and oxygen atoms in total. The molecule has 25 heavy (non-hydrogen) atoms. The molecule has 0 saturated heterocycles. The maximum absolute atomic E-state index is 12.5. The van der Waals surface area contributed by atoms with Gasteiger partial charge in [-0.05, 0) is 24.1 Å². The number of nitrogens with zero attached hydrogens (tertiary/aromatic N) is 2. The molecule has 0 fully saturated rings. The molecule has 4 rings (SSSR count). The Bertz CT molecular complexity index is 960. The summed E-state index contributed by atoms with van der Waals surface area (Å²) in [5.41, 5.74) is 4.63. The van der Waals surface area contributed by atoms with E-state index in [1.165, 1.54) is 18.4 Å². The molecule has 1 aromatic carbocycles. The van der Waals surface area contributed by atoms with Gasteiger partial charge in [-0.25, -0.2) is 9.78 Å². The van der Waals surface area contributed by atoms with Gasteiger partial charge in [0.25, 0.3) is 0 Å². The van der Waals surface area contributed by atoms with Crippen LogP contribution in [0, 0.1) is 0 Å². The van der Waals surface area contributed by atoms with Crippen molar-refractivity contribution in [2.75, 3.05) is 7.11 Å². The molecule has 2 aromatic rings. The number of aromatic nitrogens is 1. The standard InChI is InChI=1S/C18H14ClN3O2S/c1-9-12(18(23)24-2)14(10-5-3-4-6-11(10)19)22-16(15-13(9)21-15)17-20-7-8-25-17/h3-8,14,21H,1-2H3/t14-/m1/s1. The van der Waals surface area contributed by atoms with Gasteiger partial charge in [0.05, 0.1) is 24.1 Å². The molecule has 0 unspecified atom stereocenters. The molecule has 0 saturated carbocycles. The normalized spacial score (nSPS) is 19.0. The maximum atomic E-state index is 12.5. The number of aliphatic imine (C=N–C) groups is 1. The summed E-state index contributed by atoms with van der Waals surface area (Å²) in [4.78, 5) is 21.8. The fourth-order valence-electron chi connectivity index (χ4n) is 2.95. The van der Waals surface area contributed by atoms with Crippen LogP contribution >= 0.6 is 22.9 Å². The molecule has 0 radical (unpaired) electrons. The number of benzene rings is 1. The van der Waals surface area contributed by atoms with E-state index in [2.05, 4.69) is 10.3 Å². The zero-order valence-electron chi connectivity index (χ0n) is 13.5. The predicted octanol–water partition coefficient (Wildman–Crippen LogP) is 3.64. The van der Waals surface area contributed by atoms with E-state index in [-0.39, 0.29) is 0 Å². The monoisotopic (exact) mass is 371 g/mol. The summed E-state index contributed by atoms with van der Waals surface area (Å²) in [5.74, 6) is -0.410. The van der Waals surface area contributed by atoms with E-state index in [9.17, 15) is 4.79 Å². The number of ether oxygens (including phenoxy) is 1. The van der Waals surface area contributed by atoms with E-state index in [0.29, 0.717) is 10.6 Å². The number of hydrogen-bond donors (Lipinski definition) is 1. The third-order valence-electron chi connectivity index (χ3n) is 4.22. The van der Waals surface area contributed by atoms with E-state index >= 15 is 0 Å². The number of methoxy groups -OCH3 is 1. The zero-order valence-corrected chi connectivity index (χ0v) is 15.1. The zero-order chi connectivity index (χ0) is 17.6. The molecule has 1 N–H and O–H groups in total. The quantitative estimate of drug-likeness (QED) is 0.836. The minimum atomic E-state index is -0.547. The maximum Gasteiger partial charge on any atom is 0.336 e. The van der Waals surface area contributed by atoms with Crippen molar-refractivity contribution in [1.82, 2.24) is 10.3 Å². The Balaban J connectivity index is 1.95. The van der Waals surface area contributed by atoms with Gasteiger partial charge in [0.1, 0.15) is 16.8 Å². The van der Waals surface area contributed by atoms with Crippen molar-refractivity contribution >= 4 is 34.6 Å². The smallest absolute Gasteiger partial charge is 0.336 e. The molecule has 0 bridgehead atoms. The highest BCUT2D eigenvalue weighted by Gasteiger charge is 2.39. The van der Waals surface area contributed by atoms with E-state index < -0.39 is 12.0 Å². The van der Waals surface area contributed by atoms with Crippen LogP contribution in [-0.2, 0) is 9.53 Å². The van der Waals surface area contributed by atoms with Crippen LogP contribution in [0.1, 0.15) is 23.5 Å². The Morgan fingerprint density at radius 2 is 2.12 bits per heavy atom. The van der Waals surface area contributed by atoms with Crippen LogP contribution in [-0.4, -0.2) is 23.8 Å². The molecule has 0 spiro atoms. The van der Waals surface area contributed by atoms with Crippen LogP contribution in [0.25, 0.3) is 0 Å². The lowest BCUT2D eigenvalue weighted by molar-refractivity contribution is -0.136. The molecule has 126 valence electrons. The van der Waals surface area contributed by atoms with Crippen LogP contribution in [0.2, 0.25) is 5.02 Å². The van der Waals surface area contributed by atoms with Gasteiger partial charge in [-0.3, -0.25) is 4.99 Å². The lowest BCUT2D eigenvalue weighted by Gasteiger charge is -2.19. The topological polar surface area (TPSA) is 73.5 Å². The summed E-state index contributed by atoms with van der Waals surface area (Å²) in [7, 11) is 1.37. The number of carbonyl (C=O) groups excluding carboxylic acids is 1. The van der Waals surface area contributed by atoms with Gasteiger partial charge in [-0.1, -0.05) is 29.8 Å². The number of rotatable bonds is 3. The van der Waals surface area contributed by atoms with Gasteiger partial charge < -0.3 is 10.1 Å². The number of halogens is 1. The van der Waals surface area contributed by atoms with Crippen molar-refractivity contribution in [2.24, 2.45) is 4.99 Å². The van der Waals surface area contributed by atoms with Crippen molar-refractivity contribution in [3.63, 3.8) is 0 Å². The molecule has 0 aliphatic carbocycles. The molecule has 2 aliphatic rings. The lowest BCUT2D eigenvalue weighted by Crippen LogP contribution is -2.17. The van der Waals surface area contributed by atoms with E-state index in [4.69, 9.17) is 21.3 Å². The number of thiazole rings is 1. The van der Waals surface area contributed by atoms with Gasteiger partial charge in [-0.15, -0.1) is 11.3 Å². The first-order valence-corrected chi connectivity index (χ1v) is 8.90. The van der Waals surface area contributed by atoms with Crippen LogP contribution < -0.4 is 5.32 Å². The summed E-state index contributed by atoms with van der Waals surface area (Å²) < 4.78 is 5.03. The number of allylic oxidation sites excluding steroid dienone is 2. The third kappa shape index (κ3) is 2.67. The Morgan fingerprint density at radius 1 is 1.32 bits per heavy atom. The summed E-state index contributed by atoms with van der Waals surface area (Å²) in [6, 6.07) is 6.86. The third-order valence-corrected chi connectivity index (χ3v) is 5.35. The average Bonchev–Trinajstić information content (AvgIpc) is 3.24. The highest BCUT2D eigenvalue weighted by atomic mass is 35.5. The largest absolute Gasteiger partial charge is 0.466 e. The van der Waals surface area contributed by atoms with Gasteiger partial charge in [0, 0.05) is 16.6 Å². The van der Waals surface area contributed by atoms with Crippen molar-refractivity contribution in [2.45, 2.75) is 13.0 Å². The fourth-order valence-corrected chi connectivity index (χ4v) is 3.83. The summed E-state index contributed by atoms with van der Waals surface area (Å²) in [6.07, 6.45) is 1.74. The van der Waals surface area contributed by atoms with E-state index in [1.807, 2.05) is 30.5 Å². The Morgan fingerprint density at radius 3 is 2.80 bits per heavy atom. The summed E-state index contributed by atoms with van der Waals surface area (Å²) in [6.45, 7) is 1.89. The SMILES string of the molecule is COC(=O)C1=C(C)C2=C(N2)C(c2nccs2)=N[C@@H]1c1ccccc1Cl. The van der Waals surface area contributed by atoms with Crippen LogP contribution in [0.15, 0.2) is 63.4 Å².